The average Bonchev–Trinajstić information content (AvgIpc) is 2.90. The quantitative estimate of drug-likeness (QED) is 0.636. The average molecular weight is 528 g/mol. The first-order chi connectivity index (χ1) is 18.2. The van der Waals surface area contributed by atoms with Crippen molar-refractivity contribution in [2.45, 2.75) is 77.8 Å². The van der Waals surface area contributed by atoms with E-state index < -0.39 is 0 Å². The van der Waals surface area contributed by atoms with Crippen LogP contribution in [0.2, 0.25) is 0 Å². The topological polar surface area (TPSA) is 88.2 Å². The lowest BCUT2D eigenvalue weighted by Crippen LogP contribution is -2.60. The van der Waals surface area contributed by atoms with Crippen LogP contribution >= 0.6 is 0 Å². The minimum absolute atomic E-state index is 0.0446. The first-order valence-corrected chi connectivity index (χ1v) is 14.3. The van der Waals surface area contributed by atoms with Gasteiger partial charge in [-0.2, -0.15) is 0 Å². The zero-order chi connectivity index (χ0) is 27.4. The van der Waals surface area contributed by atoms with Crippen molar-refractivity contribution >= 4 is 17.7 Å². The maximum atomic E-state index is 13.7. The van der Waals surface area contributed by atoms with Crippen molar-refractivity contribution in [1.82, 2.24) is 15.1 Å². The van der Waals surface area contributed by atoms with Crippen molar-refractivity contribution in [2.75, 3.05) is 33.9 Å². The number of nitrogens with zero attached hydrogens (tertiary/aromatic N) is 2. The van der Waals surface area contributed by atoms with Gasteiger partial charge in [0.15, 0.2) is 11.5 Å². The van der Waals surface area contributed by atoms with Crippen LogP contribution in [0.3, 0.4) is 0 Å². The van der Waals surface area contributed by atoms with Crippen LogP contribution in [-0.4, -0.2) is 73.5 Å². The molecule has 0 saturated carbocycles. The van der Waals surface area contributed by atoms with Crippen LogP contribution in [0, 0.1) is 23.7 Å². The van der Waals surface area contributed by atoms with Gasteiger partial charge in [-0.1, -0.05) is 26.8 Å². The summed E-state index contributed by atoms with van der Waals surface area (Å²) < 4.78 is 11.0. The molecule has 8 nitrogen and oxygen atoms in total. The summed E-state index contributed by atoms with van der Waals surface area (Å²) in [5, 5.41) is 3.25. The van der Waals surface area contributed by atoms with E-state index in [1.807, 2.05) is 11.0 Å². The van der Waals surface area contributed by atoms with E-state index in [0.717, 1.165) is 32.1 Å². The molecule has 8 heteroatoms. The highest BCUT2D eigenvalue weighted by atomic mass is 16.5. The van der Waals surface area contributed by atoms with Gasteiger partial charge >= 0.3 is 0 Å². The van der Waals surface area contributed by atoms with E-state index in [0.29, 0.717) is 55.5 Å². The van der Waals surface area contributed by atoms with Crippen LogP contribution in [0.15, 0.2) is 18.2 Å². The molecule has 210 valence electrons. The maximum absolute atomic E-state index is 13.7. The number of hydrogen-bond donors (Lipinski definition) is 1. The molecule has 3 aliphatic rings. The molecule has 38 heavy (non-hydrogen) atoms. The highest BCUT2D eigenvalue weighted by Gasteiger charge is 2.44. The third kappa shape index (κ3) is 6.26. The molecule has 3 amide bonds. The Labute approximate surface area is 227 Å². The fourth-order valence-corrected chi connectivity index (χ4v) is 6.70. The molecule has 1 aromatic carbocycles. The number of piperidine rings is 2. The third-order valence-electron chi connectivity index (χ3n) is 8.76. The van der Waals surface area contributed by atoms with E-state index in [-0.39, 0.29) is 47.6 Å². The molecular formula is C30H45N3O5. The lowest BCUT2D eigenvalue weighted by Gasteiger charge is -2.51. The highest BCUT2D eigenvalue weighted by Crippen LogP contribution is 2.38. The Morgan fingerprint density at radius 3 is 2.55 bits per heavy atom. The summed E-state index contributed by atoms with van der Waals surface area (Å²) in [6, 6.07) is 5.58. The fourth-order valence-electron chi connectivity index (χ4n) is 6.70. The molecule has 0 spiro atoms. The predicted molar refractivity (Wildman–Crippen MR) is 146 cm³/mol. The van der Waals surface area contributed by atoms with Gasteiger partial charge in [-0.05, 0) is 67.9 Å². The van der Waals surface area contributed by atoms with E-state index in [1.54, 1.807) is 26.4 Å². The normalized spacial score (nSPS) is 28.9. The minimum Gasteiger partial charge on any atom is -0.493 e. The van der Waals surface area contributed by atoms with Crippen LogP contribution in [0.5, 0.6) is 11.5 Å². The van der Waals surface area contributed by atoms with Gasteiger partial charge in [-0.25, -0.2) is 0 Å². The first kappa shape index (κ1) is 28.2. The molecule has 3 aliphatic heterocycles. The number of benzene rings is 1. The number of likely N-dealkylation sites (tertiary alicyclic amines) is 1. The highest BCUT2D eigenvalue weighted by molar-refractivity contribution is 5.98. The lowest BCUT2D eigenvalue weighted by atomic mass is 9.77. The van der Waals surface area contributed by atoms with E-state index in [4.69, 9.17) is 9.47 Å². The molecule has 3 saturated heterocycles. The first-order valence-electron chi connectivity index (χ1n) is 14.3. The summed E-state index contributed by atoms with van der Waals surface area (Å²) in [7, 11) is 3.12. The summed E-state index contributed by atoms with van der Waals surface area (Å²) in [6.07, 6.45) is 5.35. The third-order valence-corrected chi connectivity index (χ3v) is 8.76. The summed E-state index contributed by atoms with van der Waals surface area (Å²) in [6.45, 7) is 8.34. The summed E-state index contributed by atoms with van der Waals surface area (Å²) >= 11 is 0. The van der Waals surface area contributed by atoms with Gasteiger partial charge in [0.2, 0.25) is 11.8 Å². The van der Waals surface area contributed by atoms with Gasteiger partial charge in [0.05, 0.1) is 19.8 Å². The van der Waals surface area contributed by atoms with E-state index in [1.165, 1.54) is 0 Å². The number of fused-ring (bicyclic) bond motifs is 4. The van der Waals surface area contributed by atoms with Gasteiger partial charge in [-0.3, -0.25) is 14.4 Å². The Balaban J connectivity index is 1.53. The number of rotatable bonds is 4. The smallest absolute Gasteiger partial charge is 0.257 e. The van der Waals surface area contributed by atoms with Crippen molar-refractivity contribution < 1.29 is 23.9 Å². The van der Waals surface area contributed by atoms with E-state index in [9.17, 15) is 14.4 Å². The molecule has 0 aromatic heterocycles. The molecule has 5 atom stereocenters. The monoisotopic (exact) mass is 527 g/mol. The molecule has 1 aromatic rings. The number of amides is 3. The zero-order valence-corrected chi connectivity index (χ0v) is 23.7. The Hall–Kier alpha value is -2.77. The van der Waals surface area contributed by atoms with Gasteiger partial charge in [0.25, 0.3) is 5.91 Å². The van der Waals surface area contributed by atoms with Gasteiger partial charge in [0, 0.05) is 44.6 Å². The van der Waals surface area contributed by atoms with Crippen LogP contribution in [0.4, 0.5) is 0 Å². The Bertz CT molecular complexity index is 1010. The fraction of sp³-hybridized carbons (Fsp3) is 0.700. The van der Waals surface area contributed by atoms with Gasteiger partial charge < -0.3 is 24.6 Å². The SMILES string of the molecule is COc1cccc(C(=O)N2C[C@@H]3C[C@@H](C2)[C@@H]2CCCC(=O)N[C@H](C(C)C)CC[C@@H](C)CC(=O)N2C3)c1OC. The number of para-hydroxylation sites is 1. The van der Waals surface area contributed by atoms with Gasteiger partial charge in [-0.15, -0.1) is 0 Å². The number of carbonyl (C=O) groups is 3. The minimum atomic E-state index is -0.0624. The standard InChI is InChI=1S/C30H45N3O5/c1-19(2)24-13-12-20(3)14-28(35)33-17-21-15-22(25(33)9-7-11-27(34)31-24)18-32(16-21)30(36)23-8-6-10-26(37-4)29(23)38-5/h6,8,10,19-22,24-25H,7,9,11-18H2,1-5H3,(H,31,34)/t20-,21+,22+,24+,25+/m1/s1. The summed E-state index contributed by atoms with van der Waals surface area (Å²) in [4.78, 5) is 44.1. The van der Waals surface area contributed by atoms with Crippen LogP contribution < -0.4 is 14.8 Å². The predicted octanol–water partition coefficient (Wildman–Crippen LogP) is 4.12. The number of hydrogen-bond acceptors (Lipinski definition) is 5. The van der Waals surface area contributed by atoms with E-state index >= 15 is 0 Å². The Morgan fingerprint density at radius 1 is 1.05 bits per heavy atom. The molecule has 0 unspecified atom stereocenters. The second-order valence-electron chi connectivity index (χ2n) is 11.9. The van der Waals surface area contributed by atoms with Crippen molar-refractivity contribution in [3.63, 3.8) is 0 Å². The largest absolute Gasteiger partial charge is 0.493 e. The molecular weight excluding hydrogens is 482 g/mol. The lowest BCUT2D eigenvalue weighted by molar-refractivity contribution is -0.141. The number of nitrogens with one attached hydrogen (secondary N) is 1. The van der Waals surface area contributed by atoms with Crippen LogP contribution in [-0.2, 0) is 9.59 Å². The molecule has 2 bridgehead atoms. The number of methoxy groups -OCH3 is 2. The van der Waals surface area contributed by atoms with Crippen molar-refractivity contribution in [2.24, 2.45) is 23.7 Å². The van der Waals surface area contributed by atoms with E-state index in [2.05, 4.69) is 31.0 Å². The Morgan fingerprint density at radius 2 is 1.84 bits per heavy atom. The Kier molecular flexibility index (Phi) is 9.21. The van der Waals surface area contributed by atoms with Crippen LogP contribution in [0.25, 0.3) is 0 Å². The van der Waals surface area contributed by atoms with Gasteiger partial charge in [0.1, 0.15) is 0 Å². The molecule has 1 N–H and O–H groups in total. The summed E-state index contributed by atoms with van der Waals surface area (Å²) in [5.41, 5.74) is 0.500. The molecule has 0 radical (unpaired) electrons. The zero-order valence-electron chi connectivity index (χ0n) is 23.7. The van der Waals surface area contributed by atoms with Crippen molar-refractivity contribution in [3.8, 4) is 11.5 Å². The molecule has 3 heterocycles. The number of carbonyl (C=O) groups excluding carboxylic acids is 3. The molecule has 3 fully saturated rings. The van der Waals surface area contributed by atoms with Crippen molar-refractivity contribution in [3.05, 3.63) is 23.8 Å². The molecule has 4 rings (SSSR count). The summed E-state index contributed by atoms with van der Waals surface area (Å²) in [5.74, 6) is 2.33. The second-order valence-corrected chi connectivity index (χ2v) is 11.9. The van der Waals surface area contributed by atoms with Crippen LogP contribution in [0.1, 0.15) is 76.1 Å². The van der Waals surface area contributed by atoms with Crippen molar-refractivity contribution in [1.29, 1.82) is 0 Å². The second kappa shape index (κ2) is 12.4. The maximum Gasteiger partial charge on any atom is 0.257 e. The number of ether oxygens (including phenoxy) is 2. The molecule has 0 aliphatic carbocycles.